The Morgan fingerprint density at radius 1 is 1.23 bits per heavy atom. The van der Waals surface area contributed by atoms with E-state index in [2.05, 4.69) is 16.6 Å². The second-order valence-electron chi connectivity index (χ2n) is 2.82. The van der Waals surface area contributed by atoms with Crippen molar-refractivity contribution >= 4 is 17.8 Å². The Kier molecular flexibility index (Phi) is 2.32. The topological polar surface area (TPSA) is 24.4 Å². The molecule has 0 radical (unpaired) electrons. The van der Waals surface area contributed by atoms with Gasteiger partial charge in [0.15, 0.2) is 0 Å². The predicted octanol–water partition coefficient (Wildman–Crippen LogP) is 2.53. The van der Waals surface area contributed by atoms with Gasteiger partial charge in [-0.1, -0.05) is 29.8 Å². The molecule has 1 aromatic rings. The normalized spacial score (nSPS) is 19.9. The van der Waals surface area contributed by atoms with E-state index < -0.39 is 0 Å². The number of nitrogens with zero attached hydrogens (tertiary/aromatic N) is 1. The van der Waals surface area contributed by atoms with E-state index in [9.17, 15) is 0 Å². The molecule has 0 saturated carbocycles. The lowest BCUT2D eigenvalue weighted by molar-refractivity contribution is 0.655. The van der Waals surface area contributed by atoms with Crippen molar-refractivity contribution in [1.82, 2.24) is 5.43 Å². The average molecular weight is 193 g/mol. The van der Waals surface area contributed by atoms with Gasteiger partial charge in [-0.2, -0.15) is 5.10 Å². The van der Waals surface area contributed by atoms with Crippen LogP contribution in [0.25, 0.3) is 0 Å². The summed E-state index contributed by atoms with van der Waals surface area (Å²) in [6.45, 7) is 0. The molecule has 0 aromatic heterocycles. The Morgan fingerprint density at radius 2 is 2.00 bits per heavy atom. The molecule has 2 rings (SSSR count). The van der Waals surface area contributed by atoms with Crippen LogP contribution in [0.3, 0.4) is 0 Å². The predicted molar refractivity (Wildman–Crippen MR) is 55.0 cm³/mol. The molecule has 1 atom stereocenters. The summed E-state index contributed by atoms with van der Waals surface area (Å²) in [7, 11) is 0. The van der Waals surface area contributed by atoms with Crippen LogP contribution in [0, 0.1) is 0 Å². The fraction of sp³-hybridized carbons (Fsp3) is 0.100. The molecule has 0 spiro atoms. The zero-order valence-corrected chi connectivity index (χ0v) is 7.70. The minimum atomic E-state index is 0.169. The highest BCUT2D eigenvalue weighted by Gasteiger charge is 2.06. The molecule has 0 amide bonds. The van der Waals surface area contributed by atoms with Crippen LogP contribution in [-0.4, -0.2) is 6.21 Å². The summed E-state index contributed by atoms with van der Waals surface area (Å²) in [4.78, 5) is 0. The van der Waals surface area contributed by atoms with Crippen LogP contribution in [0.1, 0.15) is 11.6 Å². The SMILES string of the molecule is Clc1ccc(C2C=CC=NN2)cc1. The van der Waals surface area contributed by atoms with E-state index in [1.54, 1.807) is 6.21 Å². The molecule has 2 nitrogen and oxygen atoms in total. The third-order valence-corrected chi connectivity index (χ3v) is 2.16. The third kappa shape index (κ3) is 1.90. The Morgan fingerprint density at radius 3 is 2.62 bits per heavy atom. The van der Waals surface area contributed by atoms with E-state index in [4.69, 9.17) is 11.6 Å². The van der Waals surface area contributed by atoms with Crippen LogP contribution in [0.2, 0.25) is 5.02 Å². The molecule has 66 valence electrons. The van der Waals surface area contributed by atoms with Gasteiger partial charge in [-0.15, -0.1) is 0 Å². The highest BCUT2D eigenvalue weighted by atomic mass is 35.5. The summed E-state index contributed by atoms with van der Waals surface area (Å²) in [5.74, 6) is 0. The van der Waals surface area contributed by atoms with E-state index in [1.807, 2.05) is 30.3 Å². The van der Waals surface area contributed by atoms with Gasteiger partial charge in [-0.25, -0.2) is 0 Å². The van der Waals surface area contributed by atoms with Crippen molar-refractivity contribution in [1.29, 1.82) is 0 Å². The van der Waals surface area contributed by atoms with Crippen molar-refractivity contribution < 1.29 is 0 Å². The maximum atomic E-state index is 5.78. The molecule has 1 unspecified atom stereocenters. The van der Waals surface area contributed by atoms with E-state index in [0.29, 0.717) is 0 Å². The van der Waals surface area contributed by atoms with Crippen LogP contribution in [0.15, 0.2) is 41.5 Å². The van der Waals surface area contributed by atoms with E-state index >= 15 is 0 Å². The largest absolute Gasteiger partial charge is 0.299 e. The summed E-state index contributed by atoms with van der Waals surface area (Å²) < 4.78 is 0. The van der Waals surface area contributed by atoms with Gasteiger partial charge in [0.2, 0.25) is 0 Å². The minimum absolute atomic E-state index is 0.169. The highest BCUT2D eigenvalue weighted by molar-refractivity contribution is 6.30. The maximum absolute atomic E-state index is 5.78. The molecule has 3 heteroatoms. The van der Waals surface area contributed by atoms with Crippen molar-refractivity contribution in [3.63, 3.8) is 0 Å². The molecule has 1 aliphatic rings. The molecule has 1 heterocycles. The van der Waals surface area contributed by atoms with Gasteiger partial charge in [0.05, 0.1) is 6.04 Å². The molecule has 0 saturated heterocycles. The summed E-state index contributed by atoms with van der Waals surface area (Å²) in [6.07, 6.45) is 5.71. The Balaban J connectivity index is 2.21. The first-order valence-electron chi connectivity index (χ1n) is 4.07. The molecule has 0 bridgehead atoms. The van der Waals surface area contributed by atoms with E-state index in [1.165, 1.54) is 0 Å². The first-order valence-corrected chi connectivity index (χ1v) is 4.45. The van der Waals surface area contributed by atoms with E-state index in [0.717, 1.165) is 10.6 Å². The number of nitrogens with one attached hydrogen (secondary N) is 1. The number of benzene rings is 1. The quantitative estimate of drug-likeness (QED) is 0.727. The summed E-state index contributed by atoms with van der Waals surface area (Å²) in [5.41, 5.74) is 4.16. The first-order chi connectivity index (χ1) is 6.36. The molecule has 1 aliphatic heterocycles. The Hall–Kier alpha value is -1.28. The summed E-state index contributed by atoms with van der Waals surface area (Å²) in [5, 5.41) is 4.72. The molecular weight excluding hydrogens is 184 g/mol. The van der Waals surface area contributed by atoms with Crippen molar-refractivity contribution in [2.45, 2.75) is 6.04 Å². The zero-order valence-electron chi connectivity index (χ0n) is 6.94. The molecule has 0 aliphatic carbocycles. The minimum Gasteiger partial charge on any atom is -0.299 e. The molecule has 1 N–H and O–H groups in total. The van der Waals surface area contributed by atoms with Crippen molar-refractivity contribution in [3.8, 4) is 0 Å². The standard InChI is InChI=1S/C10H9ClN2/c11-9-5-3-8(4-6-9)10-2-1-7-12-13-10/h1-7,10,13H. The van der Waals surface area contributed by atoms with Crippen LogP contribution in [0.5, 0.6) is 0 Å². The maximum Gasteiger partial charge on any atom is 0.0874 e. The number of halogens is 1. The second-order valence-corrected chi connectivity index (χ2v) is 3.26. The molecule has 1 aromatic carbocycles. The number of hydrazone groups is 1. The fourth-order valence-corrected chi connectivity index (χ4v) is 1.35. The Labute approximate surface area is 81.9 Å². The highest BCUT2D eigenvalue weighted by Crippen LogP contribution is 2.18. The van der Waals surface area contributed by atoms with Crippen LogP contribution < -0.4 is 5.43 Å². The monoisotopic (exact) mass is 192 g/mol. The first kappa shape index (κ1) is 8.32. The average Bonchev–Trinajstić information content (AvgIpc) is 2.20. The molecule has 0 fully saturated rings. The van der Waals surface area contributed by atoms with Gasteiger partial charge in [-0.3, -0.25) is 5.43 Å². The van der Waals surface area contributed by atoms with Crippen LogP contribution >= 0.6 is 11.6 Å². The number of rotatable bonds is 1. The van der Waals surface area contributed by atoms with Gasteiger partial charge >= 0.3 is 0 Å². The van der Waals surface area contributed by atoms with Gasteiger partial charge in [0, 0.05) is 11.2 Å². The van der Waals surface area contributed by atoms with Crippen molar-refractivity contribution in [2.75, 3.05) is 0 Å². The van der Waals surface area contributed by atoms with Gasteiger partial charge in [0.1, 0.15) is 0 Å². The van der Waals surface area contributed by atoms with Crippen molar-refractivity contribution in [2.24, 2.45) is 5.10 Å². The zero-order chi connectivity index (χ0) is 9.10. The Bertz CT molecular complexity index is 340. The lowest BCUT2D eigenvalue weighted by atomic mass is 10.1. The number of allylic oxidation sites excluding steroid dienone is 1. The number of hydrogen-bond donors (Lipinski definition) is 1. The van der Waals surface area contributed by atoms with Gasteiger partial charge in [-0.05, 0) is 23.8 Å². The van der Waals surface area contributed by atoms with Crippen molar-refractivity contribution in [3.05, 3.63) is 47.0 Å². The molecular formula is C10H9ClN2. The number of hydrogen-bond acceptors (Lipinski definition) is 2. The second kappa shape index (κ2) is 3.62. The lowest BCUT2D eigenvalue weighted by Gasteiger charge is -2.14. The van der Waals surface area contributed by atoms with E-state index in [-0.39, 0.29) is 6.04 Å². The lowest BCUT2D eigenvalue weighted by Crippen LogP contribution is -2.15. The summed E-state index contributed by atoms with van der Waals surface area (Å²) >= 11 is 5.78. The van der Waals surface area contributed by atoms with Crippen LogP contribution in [-0.2, 0) is 0 Å². The van der Waals surface area contributed by atoms with Crippen LogP contribution in [0.4, 0.5) is 0 Å². The smallest absolute Gasteiger partial charge is 0.0874 e. The van der Waals surface area contributed by atoms with Gasteiger partial charge < -0.3 is 0 Å². The fourth-order valence-electron chi connectivity index (χ4n) is 1.23. The molecule has 13 heavy (non-hydrogen) atoms. The van der Waals surface area contributed by atoms with Gasteiger partial charge in [0.25, 0.3) is 0 Å². The summed E-state index contributed by atoms with van der Waals surface area (Å²) in [6, 6.07) is 7.91. The third-order valence-electron chi connectivity index (χ3n) is 1.91.